The van der Waals surface area contributed by atoms with E-state index in [0.29, 0.717) is 6.04 Å². The predicted octanol–water partition coefficient (Wildman–Crippen LogP) is 7.16. The second-order valence-corrected chi connectivity index (χ2v) is 11.2. The molecule has 1 nitrogen and oxygen atoms in total. The maximum Gasteiger partial charge on any atom is 0.0506 e. The van der Waals surface area contributed by atoms with Crippen molar-refractivity contribution in [3.8, 4) is 11.1 Å². The van der Waals surface area contributed by atoms with Crippen molar-refractivity contribution >= 4 is 29.5 Å². The summed E-state index contributed by atoms with van der Waals surface area (Å²) in [7, 11) is -0.672. The lowest BCUT2D eigenvalue weighted by Crippen LogP contribution is -2.29. The van der Waals surface area contributed by atoms with Gasteiger partial charge in [0.05, 0.1) is 5.69 Å². The van der Waals surface area contributed by atoms with Crippen molar-refractivity contribution < 1.29 is 0 Å². The van der Waals surface area contributed by atoms with E-state index in [0.717, 1.165) is 0 Å². The third-order valence-electron chi connectivity index (χ3n) is 6.70. The Morgan fingerprint density at radius 3 is 1.82 bits per heavy atom. The van der Waals surface area contributed by atoms with Gasteiger partial charge in [-0.1, -0.05) is 122 Å². The molecule has 1 N–H and O–H groups in total. The van der Waals surface area contributed by atoms with Crippen LogP contribution in [0.3, 0.4) is 0 Å². The largest absolute Gasteiger partial charge is 0.381 e. The van der Waals surface area contributed by atoms with E-state index in [2.05, 4.69) is 115 Å². The Kier molecular flexibility index (Phi) is 6.89. The van der Waals surface area contributed by atoms with E-state index in [1.165, 1.54) is 70.4 Å². The Morgan fingerprint density at radius 1 is 0.606 bits per heavy atom. The van der Waals surface area contributed by atoms with E-state index < -0.39 is 7.92 Å². The van der Waals surface area contributed by atoms with Crippen molar-refractivity contribution in [1.29, 1.82) is 0 Å². The Balaban J connectivity index is 1.71. The molecular weight excluding hydrogens is 417 g/mol. The van der Waals surface area contributed by atoms with Crippen LogP contribution in [0, 0.1) is 6.92 Å². The number of anilines is 1. The Hall–Kier alpha value is -2.89. The molecule has 0 spiro atoms. The molecule has 0 bridgehead atoms. The summed E-state index contributed by atoms with van der Waals surface area (Å²) in [4.78, 5) is 0. The molecular formula is C31H32NP. The molecule has 0 aliphatic heterocycles. The molecule has 1 fully saturated rings. The molecule has 4 aromatic rings. The van der Waals surface area contributed by atoms with E-state index in [4.69, 9.17) is 0 Å². The number of nitrogens with one attached hydrogen (secondary N) is 1. The first-order chi connectivity index (χ1) is 16.3. The van der Waals surface area contributed by atoms with Gasteiger partial charge < -0.3 is 5.32 Å². The van der Waals surface area contributed by atoms with Gasteiger partial charge in [-0.2, -0.15) is 0 Å². The molecule has 0 heterocycles. The highest BCUT2D eigenvalue weighted by atomic mass is 31.1. The Labute approximate surface area is 199 Å². The Bertz CT molecular complexity index is 1140. The molecule has 1 aliphatic carbocycles. The van der Waals surface area contributed by atoms with Crippen LogP contribution in [-0.2, 0) is 0 Å². The fraction of sp³-hybridized carbons (Fsp3) is 0.226. The highest BCUT2D eigenvalue weighted by Gasteiger charge is 2.24. The molecule has 1 saturated carbocycles. The first-order valence-corrected chi connectivity index (χ1v) is 13.5. The van der Waals surface area contributed by atoms with E-state index in [-0.39, 0.29) is 0 Å². The lowest BCUT2D eigenvalue weighted by molar-refractivity contribution is 0.463. The van der Waals surface area contributed by atoms with Crippen molar-refractivity contribution in [3.05, 3.63) is 109 Å². The number of aryl methyl sites for hydroxylation is 1. The number of hydrogen-bond donors (Lipinski definition) is 1. The molecule has 2 heteroatoms. The summed E-state index contributed by atoms with van der Waals surface area (Å²) in [6.07, 6.45) is 6.54. The molecule has 0 amide bonds. The molecule has 0 atom stereocenters. The summed E-state index contributed by atoms with van der Waals surface area (Å²) in [5.74, 6) is 0. The molecule has 0 aromatic heterocycles. The molecule has 0 saturated heterocycles. The van der Waals surface area contributed by atoms with E-state index in [9.17, 15) is 0 Å². The summed E-state index contributed by atoms with van der Waals surface area (Å²) in [6.45, 7) is 2.23. The predicted molar refractivity (Wildman–Crippen MR) is 146 cm³/mol. The maximum absolute atomic E-state index is 4.08. The third kappa shape index (κ3) is 4.90. The average molecular weight is 450 g/mol. The van der Waals surface area contributed by atoms with Gasteiger partial charge >= 0.3 is 0 Å². The standard InChI is InChI=1S/C31H32NP/c1-24-14-11-12-21-28(24)29-22-13-23-30(31(29)32-25-15-5-2-6-16-25)33(26-17-7-3-8-18-26)27-19-9-4-10-20-27/h3-4,7-14,17-23,25,32H,2,5-6,15-16H2,1H3. The van der Waals surface area contributed by atoms with Crippen LogP contribution in [0.25, 0.3) is 11.1 Å². The van der Waals surface area contributed by atoms with Crippen LogP contribution in [0.4, 0.5) is 5.69 Å². The second-order valence-electron chi connectivity index (χ2n) is 9.00. The summed E-state index contributed by atoms with van der Waals surface area (Å²) < 4.78 is 0. The van der Waals surface area contributed by atoms with Gasteiger partial charge in [-0.15, -0.1) is 0 Å². The number of rotatable bonds is 6. The fourth-order valence-electron chi connectivity index (χ4n) is 5.01. The molecule has 4 aromatic carbocycles. The first-order valence-electron chi connectivity index (χ1n) is 12.2. The van der Waals surface area contributed by atoms with Gasteiger partial charge in [0.1, 0.15) is 0 Å². The quantitative estimate of drug-likeness (QED) is 0.308. The SMILES string of the molecule is Cc1ccccc1-c1cccc(P(c2ccccc2)c2ccccc2)c1NC1CCCCC1. The lowest BCUT2D eigenvalue weighted by atomic mass is 9.94. The number of benzene rings is 4. The van der Waals surface area contributed by atoms with Crippen molar-refractivity contribution in [2.24, 2.45) is 0 Å². The lowest BCUT2D eigenvalue weighted by Gasteiger charge is -2.30. The van der Waals surface area contributed by atoms with Crippen LogP contribution < -0.4 is 21.2 Å². The minimum absolute atomic E-state index is 0.547. The monoisotopic (exact) mass is 449 g/mol. The highest BCUT2D eigenvalue weighted by molar-refractivity contribution is 7.80. The first kappa shape index (κ1) is 21.9. The molecule has 1 aliphatic rings. The highest BCUT2D eigenvalue weighted by Crippen LogP contribution is 2.41. The summed E-state index contributed by atoms with van der Waals surface area (Å²) in [6, 6.07) is 38.4. The van der Waals surface area contributed by atoms with Crippen LogP contribution in [0.5, 0.6) is 0 Å². The van der Waals surface area contributed by atoms with Gasteiger partial charge in [0.25, 0.3) is 0 Å². The average Bonchev–Trinajstić information content (AvgIpc) is 2.87. The minimum atomic E-state index is -0.672. The zero-order valence-electron chi connectivity index (χ0n) is 19.4. The smallest absolute Gasteiger partial charge is 0.0506 e. The maximum atomic E-state index is 4.08. The van der Waals surface area contributed by atoms with Gasteiger partial charge in [-0.25, -0.2) is 0 Å². The van der Waals surface area contributed by atoms with E-state index in [1.54, 1.807) is 0 Å². The van der Waals surface area contributed by atoms with Gasteiger partial charge in [0, 0.05) is 16.9 Å². The van der Waals surface area contributed by atoms with Gasteiger partial charge in [0.2, 0.25) is 0 Å². The molecule has 0 radical (unpaired) electrons. The van der Waals surface area contributed by atoms with Gasteiger partial charge in [0.15, 0.2) is 0 Å². The van der Waals surface area contributed by atoms with Crippen LogP contribution >= 0.6 is 7.92 Å². The van der Waals surface area contributed by atoms with Crippen molar-refractivity contribution in [3.63, 3.8) is 0 Å². The second kappa shape index (κ2) is 10.4. The minimum Gasteiger partial charge on any atom is -0.381 e. The zero-order valence-corrected chi connectivity index (χ0v) is 20.3. The fourth-order valence-corrected chi connectivity index (χ4v) is 7.45. The van der Waals surface area contributed by atoms with Crippen molar-refractivity contribution in [1.82, 2.24) is 0 Å². The molecule has 166 valence electrons. The summed E-state index contributed by atoms with van der Waals surface area (Å²) >= 11 is 0. The van der Waals surface area contributed by atoms with Gasteiger partial charge in [-0.05, 0) is 49.4 Å². The summed E-state index contributed by atoms with van der Waals surface area (Å²) in [5, 5.41) is 8.30. The van der Waals surface area contributed by atoms with Crippen LogP contribution in [0.1, 0.15) is 37.7 Å². The van der Waals surface area contributed by atoms with Crippen molar-refractivity contribution in [2.45, 2.75) is 45.1 Å². The molecule has 33 heavy (non-hydrogen) atoms. The topological polar surface area (TPSA) is 12.0 Å². The zero-order chi connectivity index (χ0) is 22.5. The van der Waals surface area contributed by atoms with E-state index >= 15 is 0 Å². The van der Waals surface area contributed by atoms with E-state index in [1.807, 2.05) is 0 Å². The molecule has 5 rings (SSSR count). The molecule has 0 unspecified atom stereocenters. The normalized spacial score (nSPS) is 14.4. The van der Waals surface area contributed by atoms with Crippen molar-refractivity contribution in [2.75, 3.05) is 5.32 Å². The Morgan fingerprint density at radius 2 is 1.18 bits per heavy atom. The number of hydrogen-bond acceptors (Lipinski definition) is 1. The van der Waals surface area contributed by atoms with Crippen LogP contribution in [-0.4, -0.2) is 6.04 Å². The summed E-state index contributed by atoms with van der Waals surface area (Å²) in [5.41, 5.74) is 5.31. The number of para-hydroxylation sites is 1. The van der Waals surface area contributed by atoms with Crippen LogP contribution in [0.2, 0.25) is 0 Å². The third-order valence-corrected chi connectivity index (χ3v) is 9.18. The van der Waals surface area contributed by atoms with Crippen LogP contribution in [0.15, 0.2) is 103 Å². The van der Waals surface area contributed by atoms with Gasteiger partial charge in [-0.3, -0.25) is 0 Å².